The van der Waals surface area contributed by atoms with Gasteiger partial charge in [-0.15, -0.1) is 0 Å². The number of hydrogen-bond donors (Lipinski definition) is 0. The first kappa shape index (κ1) is 45.2. The fourth-order valence-electron chi connectivity index (χ4n) is 0. The van der Waals surface area contributed by atoms with Crippen molar-refractivity contribution in [3.05, 3.63) is 0 Å². The van der Waals surface area contributed by atoms with Gasteiger partial charge in [-0.2, -0.15) is 0 Å². The molecule has 0 aliphatic heterocycles. The fourth-order valence-corrected chi connectivity index (χ4v) is 0. The summed E-state index contributed by atoms with van der Waals surface area (Å²) in [7, 11) is 0. The average molecular weight is 494 g/mol. The Morgan fingerprint density at radius 3 is 0.400 bits per heavy atom. The van der Waals surface area contributed by atoms with Gasteiger partial charge in [-0.3, -0.25) is 0 Å². The molecular weight excluding hydrogens is 474 g/mol. The normalized spacial score (nSPS) is 0. The first-order valence-corrected chi connectivity index (χ1v) is 0. The smallest absolute Gasteiger partial charge is 0 e. The predicted molar refractivity (Wildman–Crippen MR) is 50.9 cm³/mol. The monoisotopic (exact) mass is 500 g/mol. The molecule has 5 heteroatoms. The Labute approximate surface area is 90.1 Å². The summed E-state index contributed by atoms with van der Waals surface area (Å²) in [6.45, 7) is 0. The SMILES string of the molecule is [GeH5-].[GeH5-].[GeH5-].[GeH5-].[W]. The predicted octanol–water partition coefficient (Wildman–Crippen LogP) is -6.88. The van der Waals surface area contributed by atoms with Gasteiger partial charge < -0.3 is 0 Å². The van der Waals surface area contributed by atoms with Crippen LogP contribution >= 0.6 is 0 Å². The van der Waals surface area contributed by atoms with Gasteiger partial charge in [0.1, 0.15) is 0 Å². The molecule has 0 atom stereocenters. The van der Waals surface area contributed by atoms with Gasteiger partial charge in [-0.05, 0) is 0 Å². The van der Waals surface area contributed by atoms with Crippen molar-refractivity contribution in [3.63, 3.8) is 0 Å². The molecule has 0 rings (SSSR count). The van der Waals surface area contributed by atoms with Crippen LogP contribution < -0.4 is 0 Å². The van der Waals surface area contributed by atoms with Crippen molar-refractivity contribution in [2.45, 2.75) is 0 Å². The van der Waals surface area contributed by atoms with Gasteiger partial charge in [0.2, 0.25) is 0 Å². The molecule has 0 bridgehead atoms. The van der Waals surface area contributed by atoms with E-state index in [1.165, 1.54) is 0 Å². The Morgan fingerprint density at radius 1 is 0.400 bits per heavy atom. The molecule has 0 N–H and O–H groups in total. The molecule has 0 fully saturated rings. The van der Waals surface area contributed by atoms with Crippen LogP contribution in [0.4, 0.5) is 0 Å². The van der Waals surface area contributed by atoms with Gasteiger partial charge in [-0.1, -0.05) is 0 Å². The van der Waals surface area contributed by atoms with Gasteiger partial charge in [0.25, 0.3) is 0 Å². The van der Waals surface area contributed by atoms with Crippen LogP contribution in [0.15, 0.2) is 0 Å². The van der Waals surface area contributed by atoms with E-state index in [-0.39, 0.29) is 91.5 Å². The maximum absolute atomic E-state index is 0. The van der Waals surface area contributed by atoms with Crippen LogP contribution in [0.2, 0.25) is 0 Å². The Morgan fingerprint density at radius 2 is 0.400 bits per heavy atom. The zero-order valence-corrected chi connectivity index (χ0v) is 3.34. The van der Waals surface area contributed by atoms with E-state index in [9.17, 15) is 0 Å². The third-order valence-corrected chi connectivity index (χ3v) is 0. The summed E-state index contributed by atoms with van der Waals surface area (Å²) in [6, 6.07) is 0. The summed E-state index contributed by atoms with van der Waals surface area (Å²) in [5, 5.41) is 0. The Hall–Kier alpha value is 2.86. The summed E-state index contributed by atoms with van der Waals surface area (Å²) in [5.41, 5.74) is 0. The molecule has 0 unspecified atom stereocenters. The minimum atomic E-state index is 0. The van der Waals surface area contributed by atoms with E-state index in [2.05, 4.69) is 0 Å². The van der Waals surface area contributed by atoms with E-state index in [0.717, 1.165) is 0 Å². The van der Waals surface area contributed by atoms with Crippen molar-refractivity contribution < 1.29 is 21.1 Å². The maximum atomic E-state index is 0. The standard InChI is InChI=1S/4GeH5.W/h4*1H5;/q4*-1;. The van der Waals surface area contributed by atoms with Gasteiger partial charge >= 0.3 is 70.4 Å². The largest absolute Gasteiger partial charge is 0 e. The second-order valence-corrected chi connectivity index (χ2v) is 0. The first-order valence-electron chi connectivity index (χ1n) is 0. The second kappa shape index (κ2) is 28.8. The Bertz CT molecular complexity index is 3.61. The molecule has 0 amide bonds. The van der Waals surface area contributed by atoms with Crippen molar-refractivity contribution in [2.75, 3.05) is 0 Å². The third kappa shape index (κ3) is 19.8. The van der Waals surface area contributed by atoms with Crippen LogP contribution in [-0.2, 0) is 21.1 Å². The molecule has 0 radical (unpaired) electrons. The van der Waals surface area contributed by atoms with Crippen LogP contribution in [0.1, 0.15) is 0 Å². The van der Waals surface area contributed by atoms with Crippen LogP contribution in [0.5, 0.6) is 0 Å². The van der Waals surface area contributed by atoms with E-state index >= 15 is 0 Å². The number of rotatable bonds is 0. The van der Waals surface area contributed by atoms with Crippen LogP contribution in [0, 0.1) is 0 Å². The summed E-state index contributed by atoms with van der Waals surface area (Å²) >= 11 is 0. The second-order valence-electron chi connectivity index (χ2n) is 0. The minimum Gasteiger partial charge on any atom is 0 e. The van der Waals surface area contributed by atoms with Crippen molar-refractivity contribution >= 4 is 70.4 Å². The average Bonchev–Trinajstić information content (AvgIpc) is 0. The van der Waals surface area contributed by atoms with E-state index in [0.29, 0.717) is 0 Å². The van der Waals surface area contributed by atoms with Crippen molar-refractivity contribution in [3.8, 4) is 0 Å². The summed E-state index contributed by atoms with van der Waals surface area (Å²) in [6.07, 6.45) is 0. The zero-order chi connectivity index (χ0) is 0. The summed E-state index contributed by atoms with van der Waals surface area (Å²) < 4.78 is 0. The molecule has 0 nitrogen and oxygen atoms in total. The number of hydrogen-bond acceptors (Lipinski definition) is 0. The topological polar surface area (TPSA) is 0 Å². The molecular formula is H20Ge4W-4. The maximum Gasteiger partial charge on any atom is 0 e. The Kier molecular flexibility index (Phi) is 261. The van der Waals surface area contributed by atoms with Gasteiger partial charge in [0.05, 0.1) is 0 Å². The van der Waals surface area contributed by atoms with Gasteiger partial charge in [-0.25, -0.2) is 0 Å². The minimum absolute atomic E-state index is 0. The van der Waals surface area contributed by atoms with Gasteiger partial charge in [0, 0.05) is 21.1 Å². The molecule has 0 aliphatic carbocycles. The van der Waals surface area contributed by atoms with Crippen molar-refractivity contribution in [1.29, 1.82) is 0 Å². The molecule has 0 saturated heterocycles. The molecule has 0 aliphatic rings. The van der Waals surface area contributed by atoms with Crippen molar-refractivity contribution in [1.82, 2.24) is 0 Å². The van der Waals surface area contributed by atoms with E-state index in [4.69, 9.17) is 0 Å². The molecule has 0 aromatic heterocycles. The van der Waals surface area contributed by atoms with Crippen LogP contribution in [-0.4, -0.2) is 70.4 Å². The molecule has 0 saturated carbocycles. The fraction of sp³-hybridized carbons (Fsp3) is 0. The van der Waals surface area contributed by atoms with Gasteiger partial charge in [0.15, 0.2) is 0 Å². The molecule has 0 spiro atoms. The van der Waals surface area contributed by atoms with E-state index < -0.39 is 0 Å². The molecule has 46 valence electrons. The van der Waals surface area contributed by atoms with E-state index in [1.807, 2.05) is 0 Å². The Balaban J connectivity index is 0. The first-order chi connectivity index (χ1) is 0. The summed E-state index contributed by atoms with van der Waals surface area (Å²) in [4.78, 5) is 0. The van der Waals surface area contributed by atoms with Crippen LogP contribution in [0.25, 0.3) is 0 Å². The quantitative estimate of drug-likeness (QED) is 0.294. The van der Waals surface area contributed by atoms with Crippen LogP contribution in [0.3, 0.4) is 0 Å². The molecule has 0 aromatic rings. The van der Waals surface area contributed by atoms with E-state index in [1.54, 1.807) is 0 Å². The zero-order valence-electron chi connectivity index (χ0n) is 0.408. The molecule has 0 aromatic carbocycles. The van der Waals surface area contributed by atoms with Crippen molar-refractivity contribution in [2.24, 2.45) is 0 Å². The molecule has 5 heavy (non-hydrogen) atoms. The third-order valence-electron chi connectivity index (χ3n) is 0. The molecule has 0 heterocycles. The summed E-state index contributed by atoms with van der Waals surface area (Å²) in [5.74, 6) is 0.